The summed E-state index contributed by atoms with van der Waals surface area (Å²) in [7, 11) is 1.65. The second kappa shape index (κ2) is 6.95. The van der Waals surface area contributed by atoms with Crippen molar-refractivity contribution in [3.8, 4) is 17.1 Å². The number of aromatic nitrogens is 3. The predicted octanol–water partition coefficient (Wildman–Crippen LogP) is 3.67. The number of imidazole rings is 1. The fourth-order valence-electron chi connectivity index (χ4n) is 3.54. The van der Waals surface area contributed by atoms with Gasteiger partial charge in [-0.25, -0.2) is 4.98 Å². The van der Waals surface area contributed by atoms with Crippen molar-refractivity contribution in [1.82, 2.24) is 19.4 Å². The Balaban J connectivity index is 1.55. The van der Waals surface area contributed by atoms with Gasteiger partial charge < -0.3 is 19.2 Å². The maximum atomic E-state index is 13.0. The molecule has 0 saturated heterocycles. The van der Waals surface area contributed by atoms with E-state index in [0.29, 0.717) is 13.1 Å². The predicted molar refractivity (Wildman–Crippen MR) is 104 cm³/mol. The summed E-state index contributed by atoms with van der Waals surface area (Å²) < 4.78 is 7.23. The summed E-state index contributed by atoms with van der Waals surface area (Å²) in [6, 6.07) is 11.9. The maximum absolute atomic E-state index is 13.0. The highest BCUT2D eigenvalue weighted by Gasteiger charge is 2.26. The highest BCUT2D eigenvalue weighted by Crippen LogP contribution is 2.25. The number of hydrogen-bond acceptors (Lipinski definition) is 3. The highest BCUT2D eigenvalue weighted by molar-refractivity contribution is 5.93. The van der Waals surface area contributed by atoms with Crippen molar-refractivity contribution < 1.29 is 9.53 Å². The lowest BCUT2D eigenvalue weighted by atomic mass is 10.1. The molecule has 0 spiro atoms. The third-order valence-corrected chi connectivity index (χ3v) is 5.04. The van der Waals surface area contributed by atoms with E-state index in [4.69, 9.17) is 9.72 Å². The number of H-pyrrole nitrogens is 1. The smallest absolute Gasteiger partial charge is 0.270 e. The van der Waals surface area contributed by atoms with E-state index < -0.39 is 0 Å². The minimum absolute atomic E-state index is 0.0694. The summed E-state index contributed by atoms with van der Waals surface area (Å²) in [4.78, 5) is 23.0. The summed E-state index contributed by atoms with van der Waals surface area (Å²) in [6.45, 7) is 5.41. The third kappa shape index (κ3) is 3.23. The number of hydrogen-bond donors (Lipinski definition) is 1. The lowest BCUT2D eigenvalue weighted by Crippen LogP contribution is -2.37. The molecule has 0 saturated carbocycles. The van der Waals surface area contributed by atoms with Gasteiger partial charge in [-0.1, -0.05) is 0 Å². The second-order valence-corrected chi connectivity index (χ2v) is 7.11. The van der Waals surface area contributed by atoms with Gasteiger partial charge in [0.2, 0.25) is 0 Å². The molecule has 6 heteroatoms. The number of carbonyl (C=O) groups excluding carboxylic acids is 1. The molecule has 27 heavy (non-hydrogen) atoms. The molecule has 6 nitrogen and oxygen atoms in total. The molecule has 1 aliphatic rings. The average molecular weight is 364 g/mol. The van der Waals surface area contributed by atoms with Crippen LogP contribution in [0.2, 0.25) is 0 Å². The van der Waals surface area contributed by atoms with Crippen LogP contribution in [0.15, 0.2) is 42.6 Å². The molecule has 0 fully saturated rings. The normalized spacial score (nSPS) is 13.7. The van der Waals surface area contributed by atoms with Crippen LogP contribution in [0, 0.1) is 0 Å². The van der Waals surface area contributed by atoms with Gasteiger partial charge in [0.15, 0.2) is 0 Å². The van der Waals surface area contributed by atoms with Gasteiger partial charge in [0, 0.05) is 30.8 Å². The molecule has 2 aromatic heterocycles. The number of benzene rings is 1. The largest absolute Gasteiger partial charge is 0.497 e. The molecule has 1 aromatic carbocycles. The molecule has 1 amide bonds. The van der Waals surface area contributed by atoms with Crippen LogP contribution >= 0.6 is 0 Å². The summed E-state index contributed by atoms with van der Waals surface area (Å²) in [5.41, 5.74) is 3.81. The third-order valence-electron chi connectivity index (χ3n) is 5.04. The summed E-state index contributed by atoms with van der Waals surface area (Å²) in [5.74, 6) is 1.72. The molecule has 3 heterocycles. The first kappa shape index (κ1) is 17.4. The molecule has 1 N–H and O–H groups in total. The van der Waals surface area contributed by atoms with Crippen molar-refractivity contribution >= 4 is 5.91 Å². The Hall–Kier alpha value is -3.02. The molecule has 4 rings (SSSR count). The Bertz CT molecular complexity index is 953. The van der Waals surface area contributed by atoms with E-state index in [0.717, 1.165) is 40.6 Å². The zero-order chi connectivity index (χ0) is 19.0. The Labute approximate surface area is 158 Å². The van der Waals surface area contributed by atoms with E-state index in [2.05, 4.69) is 18.8 Å². The molecular formula is C21H24N4O2. The van der Waals surface area contributed by atoms with Gasteiger partial charge in [-0.05, 0) is 50.2 Å². The first-order chi connectivity index (χ1) is 13.1. The zero-order valence-corrected chi connectivity index (χ0v) is 15.9. The number of methoxy groups -OCH3 is 1. The second-order valence-electron chi connectivity index (χ2n) is 7.11. The maximum Gasteiger partial charge on any atom is 0.270 e. The number of nitrogens with zero attached hydrogens (tertiary/aromatic N) is 3. The molecule has 0 atom stereocenters. The van der Waals surface area contributed by atoms with E-state index in [-0.39, 0.29) is 11.9 Å². The Kier molecular flexibility index (Phi) is 4.48. The van der Waals surface area contributed by atoms with Crippen LogP contribution in [0.3, 0.4) is 0 Å². The van der Waals surface area contributed by atoms with Crippen LogP contribution in [0.25, 0.3) is 11.4 Å². The minimum Gasteiger partial charge on any atom is -0.497 e. The molecule has 140 valence electrons. The molecular weight excluding hydrogens is 340 g/mol. The molecule has 0 unspecified atom stereocenters. The lowest BCUT2D eigenvalue weighted by Gasteiger charge is -2.27. The van der Waals surface area contributed by atoms with E-state index in [1.54, 1.807) is 7.11 Å². The summed E-state index contributed by atoms with van der Waals surface area (Å²) in [5, 5.41) is 0. The van der Waals surface area contributed by atoms with Crippen molar-refractivity contribution in [3.05, 3.63) is 59.7 Å². The number of ether oxygens (including phenoxy) is 1. The number of rotatable bonds is 4. The van der Waals surface area contributed by atoms with Crippen molar-refractivity contribution in [2.45, 2.75) is 32.9 Å². The van der Waals surface area contributed by atoms with Gasteiger partial charge in [-0.3, -0.25) is 4.79 Å². The van der Waals surface area contributed by atoms with E-state index in [1.807, 2.05) is 52.1 Å². The van der Waals surface area contributed by atoms with Crippen LogP contribution in [0.5, 0.6) is 5.75 Å². The quantitative estimate of drug-likeness (QED) is 0.768. The molecule has 0 radical (unpaired) electrons. The van der Waals surface area contributed by atoms with Gasteiger partial charge in [-0.2, -0.15) is 0 Å². The van der Waals surface area contributed by atoms with Gasteiger partial charge in [-0.15, -0.1) is 0 Å². The minimum atomic E-state index is 0.0694. The van der Waals surface area contributed by atoms with Crippen molar-refractivity contribution in [2.24, 2.45) is 0 Å². The summed E-state index contributed by atoms with van der Waals surface area (Å²) >= 11 is 0. The first-order valence-corrected chi connectivity index (χ1v) is 9.25. The van der Waals surface area contributed by atoms with Gasteiger partial charge >= 0.3 is 0 Å². The highest BCUT2D eigenvalue weighted by atomic mass is 16.5. The van der Waals surface area contributed by atoms with Gasteiger partial charge in [0.05, 0.1) is 25.0 Å². The van der Waals surface area contributed by atoms with Crippen molar-refractivity contribution in [2.75, 3.05) is 13.7 Å². The standard InChI is InChI=1S/C21H24N4O2/c1-14(2)25-11-4-5-19(25)21(26)24-12-10-17-18(13-24)23-20(22-17)15-6-8-16(27-3)9-7-15/h4-9,11,14H,10,12-13H2,1-3H3,(H,22,23). The summed E-state index contributed by atoms with van der Waals surface area (Å²) in [6.07, 6.45) is 2.72. The van der Waals surface area contributed by atoms with Gasteiger partial charge in [0.25, 0.3) is 5.91 Å². The Morgan fingerprint density at radius 1 is 1.22 bits per heavy atom. The number of amides is 1. The molecule has 0 aliphatic carbocycles. The van der Waals surface area contributed by atoms with E-state index in [1.165, 1.54) is 0 Å². The number of nitrogens with one attached hydrogen (secondary N) is 1. The van der Waals surface area contributed by atoms with Crippen LogP contribution in [0.4, 0.5) is 0 Å². The van der Waals surface area contributed by atoms with Crippen LogP contribution in [-0.4, -0.2) is 39.0 Å². The monoisotopic (exact) mass is 364 g/mol. The number of aromatic amines is 1. The fourth-order valence-corrected chi connectivity index (χ4v) is 3.54. The number of carbonyl (C=O) groups is 1. The zero-order valence-electron chi connectivity index (χ0n) is 15.9. The van der Waals surface area contributed by atoms with Crippen LogP contribution in [-0.2, 0) is 13.0 Å². The topological polar surface area (TPSA) is 63.1 Å². The Morgan fingerprint density at radius 3 is 2.70 bits per heavy atom. The first-order valence-electron chi connectivity index (χ1n) is 9.25. The van der Waals surface area contributed by atoms with E-state index in [9.17, 15) is 4.79 Å². The van der Waals surface area contributed by atoms with Crippen molar-refractivity contribution in [1.29, 1.82) is 0 Å². The Morgan fingerprint density at radius 2 is 2.00 bits per heavy atom. The van der Waals surface area contributed by atoms with E-state index >= 15 is 0 Å². The van der Waals surface area contributed by atoms with Crippen LogP contribution < -0.4 is 4.74 Å². The average Bonchev–Trinajstić information content (AvgIpc) is 3.34. The molecule has 1 aliphatic heterocycles. The lowest BCUT2D eigenvalue weighted by molar-refractivity contribution is 0.0719. The number of fused-ring (bicyclic) bond motifs is 1. The fraction of sp³-hybridized carbons (Fsp3) is 0.333. The molecule has 0 bridgehead atoms. The van der Waals surface area contributed by atoms with Gasteiger partial charge in [0.1, 0.15) is 17.3 Å². The SMILES string of the molecule is COc1ccc(-c2nc3c([nH]2)CN(C(=O)c2cccn2C(C)C)CC3)cc1. The van der Waals surface area contributed by atoms with Crippen molar-refractivity contribution in [3.63, 3.8) is 0 Å². The molecule has 3 aromatic rings. The van der Waals surface area contributed by atoms with Crippen LogP contribution in [0.1, 0.15) is 41.8 Å².